The molecule has 84 valence electrons. The first-order valence-corrected chi connectivity index (χ1v) is 5.95. The van der Waals surface area contributed by atoms with Crippen molar-refractivity contribution in [1.82, 2.24) is 4.98 Å². The van der Waals surface area contributed by atoms with Crippen molar-refractivity contribution >= 4 is 11.8 Å². The van der Waals surface area contributed by atoms with Crippen molar-refractivity contribution in [3.05, 3.63) is 23.4 Å². The maximum atomic E-state index is 9.48. The fourth-order valence-corrected chi connectivity index (χ4v) is 2.32. The lowest BCUT2D eigenvalue weighted by Gasteiger charge is -2.17. The molecule has 1 rings (SSSR count). The Morgan fingerprint density at radius 2 is 2.00 bits per heavy atom. The first kappa shape index (κ1) is 12.5. The quantitative estimate of drug-likeness (QED) is 0.784. The third kappa shape index (κ3) is 3.84. The maximum absolute atomic E-state index is 9.48. The number of pyridine rings is 1. The van der Waals surface area contributed by atoms with Crippen LogP contribution < -0.4 is 0 Å². The highest BCUT2D eigenvalue weighted by Crippen LogP contribution is 2.31. The molecule has 0 saturated carbocycles. The molecule has 0 fully saturated rings. The molecule has 0 radical (unpaired) electrons. The number of nitrogens with zero attached hydrogens (tertiary/aromatic N) is 1. The summed E-state index contributed by atoms with van der Waals surface area (Å²) in [7, 11) is 0. The Bertz CT molecular complexity index is 342. The summed E-state index contributed by atoms with van der Waals surface area (Å²) >= 11 is 1.74. The number of hydrogen-bond acceptors (Lipinski definition) is 3. The maximum Gasteiger partial charge on any atom is 0.0967 e. The molecule has 0 spiro atoms. The standard InChI is InChI=1S/C12H19NOS/c1-8-6-11(15-12(3,4)5)13-7-10(8)9(2)14/h6-7,9,14H,1-5H3/t9-/m0/s1. The molecule has 1 heterocycles. The second-order valence-corrected chi connectivity index (χ2v) is 6.62. The van der Waals surface area contributed by atoms with Gasteiger partial charge in [0, 0.05) is 16.5 Å². The van der Waals surface area contributed by atoms with E-state index >= 15 is 0 Å². The van der Waals surface area contributed by atoms with E-state index in [-0.39, 0.29) is 4.75 Å². The molecule has 1 aromatic heterocycles. The summed E-state index contributed by atoms with van der Waals surface area (Å²) in [6, 6.07) is 2.04. The molecule has 0 saturated heterocycles. The van der Waals surface area contributed by atoms with Gasteiger partial charge in [0.2, 0.25) is 0 Å². The third-order valence-corrected chi connectivity index (χ3v) is 3.03. The molecule has 0 bridgehead atoms. The molecular formula is C12H19NOS. The Hall–Kier alpha value is -0.540. The normalized spacial score (nSPS) is 14.0. The van der Waals surface area contributed by atoms with Crippen molar-refractivity contribution in [2.24, 2.45) is 0 Å². The van der Waals surface area contributed by atoms with Crippen LogP contribution in [0.15, 0.2) is 17.3 Å². The van der Waals surface area contributed by atoms with Gasteiger partial charge >= 0.3 is 0 Å². The molecule has 0 aliphatic carbocycles. The SMILES string of the molecule is Cc1cc(SC(C)(C)C)ncc1[C@H](C)O. The topological polar surface area (TPSA) is 33.1 Å². The predicted molar refractivity (Wildman–Crippen MR) is 65.2 cm³/mol. The average molecular weight is 225 g/mol. The van der Waals surface area contributed by atoms with E-state index in [9.17, 15) is 5.11 Å². The lowest BCUT2D eigenvalue weighted by Crippen LogP contribution is -2.08. The molecule has 3 heteroatoms. The highest BCUT2D eigenvalue weighted by Gasteiger charge is 2.14. The lowest BCUT2D eigenvalue weighted by atomic mass is 10.1. The van der Waals surface area contributed by atoms with Gasteiger partial charge in [-0.1, -0.05) is 20.8 Å². The Morgan fingerprint density at radius 1 is 1.40 bits per heavy atom. The number of aliphatic hydroxyl groups is 1. The van der Waals surface area contributed by atoms with Gasteiger partial charge in [-0.15, -0.1) is 11.8 Å². The van der Waals surface area contributed by atoms with Crippen LogP contribution in [0.4, 0.5) is 0 Å². The van der Waals surface area contributed by atoms with Crippen molar-refractivity contribution < 1.29 is 5.11 Å². The van der Waals surface area contributed by atoms with E-state index in [1.165, 1.54) is 0 Å². The van der Waals surface area contributed by atoms with Gasteiger partial charge in [0.15, 0.2) is 0 Å². The highest BCUT2D eigenvalue weighted by molar-refractivity contribution is 8.00. The van der Waals surface area contributed by atoms with Crippen LogP contribution >= 0.6 is 11.8 Å². The molecule has 0 aliphatic rings. The number of rotatable bonds is 2. The van der Waals surface area contributed by atoms with Crippen molar-refractivity contribution in [2.45, 2.75) is 50.5 Å². The zero-order valence-electron chi connectivity index (χ0n) is 10.0. The Balaban J connectivity index is 2.92. The summed E-state index contributed by atoms with van der Waals surface area (Å²) in [5, 5.41) is 10.5. The minimum atomic E-state index is -0.439. The largest absolute Gasteiger partial charge is 0.389 e. The summed E-state index contributed by atoms with van der Waals surface area (Å²) in [5.41, 5.74) is 2.01. The molecule has 0 aromatic carbocycles. The van der Waals surface area contributed by atoms with E-state index in [4.69, 9.17) is 0 Å². The van der Waals surface area contributed by atoms with Gasteiger partial charge in [0.1, 0.15) is 0 Å². The van der Waals surface area contributed by atoms with Crippen molar-refractivity contribution in [3.8, 4) is 0 Å². The van der Waals surface area contributed by atoms with Gasteiger partial charge in [0.05, 0.1) is 11.1 Å². The predicted octanol–water partition coefficient (Wildman–Crippen LogP) is 3.33. The Morgan fingerprint density at radius 3 is 2.40 bits per heavy atom. The third-order valence-electron chi connectivity index (χ3n) is 1.99. The number of thioether (sulfide) groups is 1. The summed E-state index contributed by atoms with van der Waals surface area (Å²) in [6.45, 7) is 10.3. The molecule has 0 amide bonds. The molecule has 0 aliphatic heterocycles. The average Bonchev–Trinajstić information content (AvgIpc) is 1.99. The van der Waals surface area contributed by atoms with Gasteiger partial charge in [-0.05, 0) is 25.5 Å². The van der Waals surface area contributed by atoms with Crippen LogP contribution in [0.1, 0.15) is 44.9 Å². The van der Waals surface area contributed by atoms with Gasteiger partial charge in [0.25, 0.3) is 0 Å². The summed E-state index contributed by atoms with van der Waals surface area (Å²) in [4.78, 5) is 4.35. The first-order valence-electron chi connectivity index (χ1n) is 5.13. The van der Waals surface area contributed by atoms with E-state index in [2.05, 4.69) is 25.8 Å². The van der Waals surface area contributed by atoms with Gasteiger partial charge in [-0.25, -0.2) is 4.98 Å². The van der Waals surface area contributed by atoms with Crippen LogP contribution in [-0.2, 0) is 0 Å². The smallest absolute Gasteiger partial charge is 0.0967 e. The van der Waals surface area contributed by atoms with E-state index in [0.29, 0.717) is 0 Å². The van der Waals surface area contributed by atoms with Crippen molar-refractivity contribution in [1.29, 1.82) is 0 Å². The molecule has 0 unspecified atom stereocenters. The Labute approximate surface area is 96.1 Å². The second kappa shape index (κ2) is 4.54. The lowest BCUT2D eigenvalue weighted by molar-refractivity contribution is 0.198. The molecule has 2 nitrogen and oxygen atoms in total. The van der Waals surface area contributed by atoms with Crippen LogP contribution in [0.2, 0.25) is 0 Å². The number of aryl methyl sites for hydroxylation is 1. The fourth-order valence-electron chi connectivity index (χ4n) is 1.35. The highest BCUT2D eigenvalue weighted by atomic mass is 32.2. The van der Waals surface area contributed by atoms with Crippen LogP contribution in [0, 0.1) is 6.92 Å². The van der Waals surface area contributed by atoms with Crippen LogP contribution in [0.5, 0.6) is 0 Å². The monoisotopic (exact) mass is 225 g/mol. The Kier molecular flexibility index (Phi) is 3.79. The number of hydrogen-bond donors (Lipinski definition) is 1. The number of aromatic nitrogens is 1. The van der Waals surface area contributed by atoms with E-state index in [1.807, 2.05) is 13.0 Å². The minimum Gasteiger partial charge on any atom is -0.389 e. The summed E-state index contributed by atoms with van der Waals surface area (Å²) in [5.74, 6) is 0. The molecule has 1 atom stereocenters. The minimum absolute atomic E-state index is 0.172. The molecule has 1 N–H and O–H groups in total. The van der Waals surface area contributed by atoms with E-state index < -0.39 is 6.10 Å². The van der Waals surface area contributed by atoms with Crippen LogP contribution in [-0.4, -0.2) is 14.8 Å². The van der Waals surface area contributed by atoms with Crippen LogP contribution in [0.3, 0.4) is 0 Å². The number of aliphatic hydroxyl groups excluding tert-OH is 1. The zero-order valence-corrected chi connectivity index (χ0v) is 10.9. The van der Waals surface area contributed by atoms with Gasteiger partial charge < -0.3 is 5.11 Å². The fraction of sp³-hybridized carbons (Fsp3) is 0.583. The van der Waals surface area contributed by atoms with E-state index in [1.54, 1.807) is 24.9 Å². The van der Waals surface area contributed by atoms with Crippen LogP contribution in [0.25, 0.3) is 0 Å². The summed E-state index contributed by atoms with van der Waals surface area (Å²) in [6.07, 6.45) is 1.33. The second-order valence-electron chi connectivity index (χ2n) is 4.77. The van der Waals surface area contributed by atoms with Gasteiger partial charge in [-0.3, -0.25) is 0 Å². The van der Waals surface area contributed by atoms with E-state index in [0.717, 1.165) is 16.2 Å². The molecule has 1 aromatic rings. The summed E-state index contributed by atoms with van der Waals surface area (Å²) < 4.78 is 0.172. The molecule has 15 heavy (non-hydrogen) atoms. The van der Waals surface area contributed by atoms with Crippen molar-refractivity contribution in [3.63, 3.8) is 0 Å². The van der Waals surface area contributed by atoms with Gasteiger partial charge in [-0.2, -0.15) is 0 Å². The molecular weight excluding hydrogens is 206 g/mol. The zero-order chi connectivity index (χ0) is 11.6. The van der Waals surface area contributed by atoms with Crippen molar-refractivity contribution in [2.75, 3.05) is 0 Å². The first-order chi connectivity index (χ1) is 6.79.